The first-order chi connectivity index (χ1) is 25.3. The number of nitrogens with one attached hydrogen (secondary N) is 1. The van der Waals surface area contributed by atoms with Crippen LogP contribution in [0.25, 0.3) is 33.5 Å². The maximum absolute atomic E-state index is 13.7. The van der Waals surface area contributed by atoms with Crippen LogP contribution in [0.2, 0.25) is 0 Å². The number of amides is 3. The molecule has 3 aromatic carbocycles. The summed E-state index contributed by atoms with van der Waals surface area (Å²) in [4.78, 5) is 36.0. The zero-order valence-electron chi connectivity index (χ0n) is 30.4. The summed E-state index contributed by atoms with van der Waals surface area (Å²) >= 11 is 0. The zero-order valence-corrected chi connectivity index (χ0v) is 30.4. The number of hydrogen-bond acceptors (Lipinski definition) is 6. The van der Waals surface area contributed by atoms with E-state index in [0.717, 1.165) is 72.8 Å². The van der Waals surface area contributed by atoms with Crippen LogP contribution in [-0.2, 0) is 13.6 Å². The number of aromatic nitrogens is 3. The molecule has 3 aliphatic rings. The molecule has 8 rings (SSSR count). The maximum atomic E-state index is 13.7. The summed E-state index contributed by atoms with van der Waals surface area (Å²) in [5.74, 6) is 3.56. The molecule has 272 valence electrons. The van der Waals surface area contributed by atoms with Gasteiger partial charge >= 0.3 is 6.03 Å². The first kappa shape index (κ1) is 34.1. The van der Waals surface area contributed by atoms with Crippen LogP contribution in [0, 0.1) is 11.8 Å². The molecule has 0 unspecified atom stereocenters. The molecular formula is C41H49N7O4. The summed E-state index contributed by atoms with van der Waals surface area (Å²) in [6, 6.07) is 20.1. The Labute approximate surface area is 304 Å². The van der Waals surface area contributed by atoms with Gasteiger partial charge in [0, 0.05) is 56.4 Å². The Kier molecular flexibility index (Phi) is 9.29. The van der Waals surface area contributed by atoms with Crippen LogP contribution < -0.4 is 20.5 Å². The van der Waals surface area contributed by atoms with Crippen molar-refractivity contribution in [3.63, 3.8) is 0 Å². The van der Waals surface area contributed by atoms with Crippen molar-refractivity contribution in [2.24, 2.45) is 24.6 Å². The fourth-order valence-electron chi connectivity index (χ4n) is 8.33. The lowest BCUT2D eigenvalue weighted by Gasteiger charge is -2.32. The lowest BCUT2D eigenvalue weighted by molar-refractivity contribution is 0.0678. The number of ether oxygens (including phenoxy) is 2. The van der Waals surface area contributed by atoms with Crippen molar-refractivity contribution < 1.29 is 19.1 Å². The number of benzene rings is 3. The average Bonchev–Trinajstić information content (AvgIpc) is 3.85. The zero-order chi connectivity index (χ0) is 35.9. The normalized spacial score (nSPS) is 18.3. The predicted octanol–water partition coefficient (Wildman–Crippen LogP) is 6.84. The van der Waals surface area contributed by atoms with Crippen molar-refractivity contribution in [1.29, 1.82) is 0 Å². The van der Waals surface area contributed by atoms with Crippen molar-refractivity contribution >= 4 is 39.6 Å². The number of piperidine rings is 2. The monoisotopic (exact) mass is 703 g/mol. The van der Waals surface area contributed by atoms with E-state index in [4.69, 9.17) is 20.2 Å². The molecule has 0 spiro atoms. The van der Waals surface area contributed by atoms with Gasteiger partial charge in [0.15, 0.2) is 5.82 Å². The number of nitrogens with zero attached hydrogens (tertiary/aromatic N) is 5. The standard InChI is InChI=1S/C41H49N7O4/c1-45-38-34(20-30(22-36(38)52-3)40(49)47-17-5-6-27(23-42)24-47)44-39(45)35-21-29-7-4-8-33(37(29)48(35)25-26-9-10-26)28-15-18-46(19-16-28)41(50)43-31-11-13-32(51-2)14-12-31/h4,7-8,11-14,20-22,26-28H,5-6,9-10,15-19,23-25,42H2,1-3H3,(H,43,50)/t27-/m0/s1. The number of imidazole rings is 1. The third kappa shape index (κ3) is 6.46. The minimum Gasteiger partial charge on any atom is -0.497 e. The molecule has 3 amide bonds. The summed E-state index contributed by atoms with van der Waals surface area (Å²) in [6.07, 6.45) is 6.27. The van der Waals surface area contributed by atoms with Crippen LogP contribution in [-0.4, -0.2) is 82.8 Å². The van der Waals surface area contributed by atoms with Crippen molar-refractivity contribution in [1.82, 2.24) is 23.9 Å². The van der Waals surface area contributed by atoms with Crippen LogP contribution in [0.4, 0.5) is 10.5 Å². The topological polar surface area (TPSA) is 120 Å². The summed E-state index contributed by atoms with van der Waals surface area (Å²) in [6.45, 7) is 4.32. The maximum Gasteiger partial charge on any atom is 0.321 e. The second-order valence-corrected chi connectivity index (χ2v) is 14.8. The Bertz CT molecular complexity index is 2110. The van der Waals surface area contributed by atoms with Crippen molar-refractivity contribution in [2.75, 3.05) is 52.3 Å². The highest BCUT2D eigenvalue weighted by molar-refractivity contribution is 6.00. The number of hydrogen-bond donors (Lipinski definition) is 2. The SMILES string of the molecule is COc1ccc(NC(=O)N2CCC(c3cccc4cc(-c5nc6cc(C(=O)N7CCC[C@@H](CN)C7)cc(OC)c6n5C)n(CC5CC5)c34)CC2)cc1. The number of fused-ring (bicyclic) bond motifs is 2. The second-order valence-electron chi connectivity index (χ2n) is 14.8. The molecule has 3 fully saturated rings. The Morgan fingerprint density at radius 3 is 2.38 bits per heavy atom. The molecule has 0 radical (unpaired) electrons. The highest BCUT2D eigenvalue weighted by atomic mass is 16.5. The molecule has 1 aliphatic carbocycles. The van der Waals surface area contributed by atoms with Crippen molar-refractivity contribution in [3.8, 4) is 23.0 Å². The second kappa shape index (κ2) is 14.2. The van der Waals surface area contributed by atoms with E-state index < -0.39 is 0 Å². The van der Waals surface area contributed by atoms with E-state index in [2.05, 4.69) is 38.7 Å². The number of anilines is 1. The minimum atomic E-state index is -0.0703. The summed E-state index contributed by atoms with van der Waals surface area (Å²) < 4.78 is 15.8. The lowest BCUT2D eigenvalue weighted by Crippen LogP contribution is -2.42. The van der Waals surface area contributed by atoms with E-state index in [1.807, 2.05) is 53.2 Å². The highest BCUT2D eigenvalue weighted by Gasteiger charge is 2.31. The van der Waals surface area contributed by atoms with Gasteiger partial charge in [-0.15, -0.1) is 0 Å². The van der Waals surface area contributed by atoms with Crippen LogP contribution in [0.5, 0.6) is 11.5 Å². The van der Waals surface area contributed by atoms with Gasteiger partial charge < -0.3 is 39.5 Å². The fraction of sp³-hybridized carbons (Fsp3) is 0.439. The molecular weight excluding hydrogens is 654 g/mol. The van der Waals surface area contributed by atoms with Crippen LogP contribution >= 0.6 is 0 Å². The number of urea groups is 1. The van der Waals surface area contributed by atoms with Crippen LogP contribution in [0.1, 0.15) is 60.4 Å². The Balaban J connectivity index is 1.10. The number of methoxy groups -OCH3 is 2. The summed E-state index contributed by atoms with van der Waals surface area (Å²) in [7, 11) is 5.33. The average molecular weight is 704 g/mol. The number of rotatable bonds is 9. The van der Waals surface area contributed by atoms with Gasteiger partial charge in [-0.05, 0) is 111 Å². The Morgan fingerprint density at radius 1 is 0.885 bits per heavy atom. The number of carbonyl (C=O) groups is 2. The van der Waals surface area contributed by atoms with Crippen molar-refractivity contribution in [2.45, 2.75) is 51.0 Å². The van der Waals surface area contributed by atoms with Gasteiger partial charge in [-0.2, -0.15) is 0 Å². The predicted molar refractivity (Wildman–Crippen MR) is 204 cm³/mol. The molecule has 11 nitrogen and oxygen atoms in total. The van der Waals surface area contributed by atoms with E-state index in [0.29, 0.717) is 55.2 Å². The van der Waals surface area contributed by atoms with Crippen molar-refractivity contribution in [3.05, 3.63) is 71.8 Å². The van der Waals surface area contributed by atoms with E-state index in [1.54, 1.807) is 14.2 Å². The van der Waals surface area contributed by atoms with Gasteiger partial charge in [0.05, 0.1) is 30.9 Å². The molecule has 2 saturated heterocycles. The largest absolute Gasteiger partial charge is 0.497 e. The quantitative estimate of drug-likeness (QED) is 0.174. The smallest absolute Gasteiger partial charge is 0.321 e. The van der Waals surface area contributed by atoms with E-state index >= 15 is 0 Å². The number of para-hydroxylation sites is 1. The molecule has 1 saturated carbocycles. The lowest BCUT2D eigenvalue weighted by atomic mass is 9.88. The van der Waals surface area contributed by atoms with Gasteiger partial charge in [-0.3, -0.25) is 4.79 Å². The van der Waals surface area contributed by atoms with Gasteiger partial charge in [-0.25, -0.2) is 9.78 Å². The molecule has 1 atom stereocenters. The Hall–Kier alpha value is -5.03. The number of carbonyl (C=O) groups excluding carboxylic acids is 2. The van der Waals surface area contributed by atoms with E-state index in [9.17, 15) is 9.59 Å². The molecule has 52 heavy (non-hydrogen) atoms. The van der Waals surface area contributed by atoms with Gasteiger partial charge in [-0.1, -0.05) is 18.2 Å². The van der Waals surface area contributed by atoms with Gasteiger partial charge in [0.2, 0.25) is 0 Å². The first-order valence-electron chi connectivity index (χ1n) is 18.7. The van der Waals surface area contributed by atoms with E-state index in [-0.39, 0.29) is 11.9 Å². The van der Waals surface area contributed by atoms with Gasteiger partial charge in [0.1, 0.15) is 17.0 Å². The number of likely N-dealkylation sites (tertiary alicyclic amines) is 2. The van der Waals surface area contributed by atoms with Crippen LogP contribution in [0.3, 0.4) is 0 Å². The molecule has 2 aliphatic heterocycles. The summed E-state index contributed by atoms with van der Waals surface area (Å²) in [5, 5.41) is 4.24. The minimum absolute atomic E-state index is 0.00213. The molecule has 2 aromatic heterocycles. The molecule has 5 aromatic rings. The third-order valence-electron chi connectivity index (χ3n) is 11.4. The molecule has 3 N–H and O–H groups in total. The number of nitrogens with two attached hydrogens (primary N) is 1. The number of aryl methyl sites for hydroxylation is 1. The van der Waals surface area contributed by atoms with Gasteiger partial charge in [0.25, 0.3) is 5.91 Å². The molecule has 0 bridgehead atoms. The molecule has 4 heterocycles. The Morgan fingerprint density at radius 2 is 1.67 bits per heavy atom. The summed E-state index contributed by atoms with van der Waals surface area (Å²) in [5.41, 5.74) is 12.6. The van der Waals surface area contributed by atoms with E-state index in [1.165, 1.54) is 29.3 Å². The highest BCUT2D eigenvalue weighted by Crippen LogP contribution is 2.41. The molecule has 11 heteroatoms. The first-order valence-corrected chi connectivity index (χ1v) is 18.7. The third-order valence-corrected chi connectivity index (χ3v) is 11.4. The van der Waals surface area contributed by atoms with Crippen LogP contribution in [0.15, 0.2) is 60.7 Å². The fourth-order valence-corrected chi connectivity index (χ4v) is 8.33.